The number of hydrogen-bond donors (Lipinski definition) is 1. The zero-order valence-electron chi connectivity index (χ0n) is 14.0. The number of nitrogens with zero attached hydrogens (tertiary/aromatic N) is 6. The highest BCUT2D eigenvalue weighted by atomic mass is 16.5. The first-order valence-electron chi connectivity index (χ1n) is 8.46. The molecule has 1 N–H and O–H groups in total. The predicted octanol–water partition coefficient (Wildman–Crippen LogP) is 0.671. The first kappa shape index (κ1) is 15.2. The third kappa shape index (κ3) is 3.14. The zero-order chi connectivity index (χ0) is 16.4. The van der Waals surface area contributed by atoms with Gasteiger partial charge in [0.2, 0.25) is 0 Å². The molecule has 4 rings (SSSR count). The van der Waals surface area contributed by atoms with Gasteiger partial charge in [-0.1, -0.05) is 0 Å². The molecule has 0 amide bonds. The minimum atomic E-state index is 0.765. The molecule has 24 heavy (non-hydrogen) atoms. The summed E-state index contributed by atoms with van der Waals surface area (Å²) in [5.41, 5.74) is 1.10. The number of hydrogen-bond acceptors (Lipinski definition) is 7. The molecule has 2 aliphatic rings. The Kier molecular flexibility index (Phi) is 4.20. The van der Waals surface area contributed by atoms with Gasteiger partial charge in [0.25, 0.3) is 0 Å². The largest absolute Gasteiger partial charge is 0.378 e. The zero-order valence-corrected chi connectivity index (χ0v) is 14.0. The summed E-state index contributed by atoms with van der Waals surface area (Å²) in [6, 6.07) is 4.19. The average molecular weight is 329 g/mol. The van der Waals surface area contributed by atoms with Crippen molar-refractivity contribution in [2.45, 2.75) is 6.92 Å². The number of nitrogens with one attached hydrogen (secondary N) is 1. The van der Waals surface area contributed by atoms with Crippen molar-refractivity contribution in [3.8, 4) is 0 Å². The van der Waals surface area contributed by atoms with E-state index in [4.69, 9.17) is 4.74 Å². The summed E-state index contributed by atoms with van der Waals surface area (Å²) in [5, 5.41) is 7.36. The topological polar surface area (TPSA) is 73.4 Å². The molecule has 2 saturated heterocycles. The van der Waals surface area contributed by atoms with E-state index in [2.05, 4.69) is 47.0 Å². The van der Waals surface area contributed by atoms with E-state index in [0.717, 1.165) is 75.6 Å². The lowest BCUT2D eigenvalue weighted by Crippen LogP contribution is -2.47. The van der Waals surface area contributed by atoms with Crippen molar-refractivity contribution in [3.63, 3.8) is 0 Å². The first-order chi connectivity index (χ1) is 11.8. The van der Waals surface area contributed by atoms with Crippen molar-refractivity contribution in [2.75, 3.05) is 67.2 Å². The second kappa shape index (κ2) is 6.64. The molecule has 8 heteroatoms. The van der Waals surface area contributed by atoms with Gasteiger partial charge in [-0.3, -0.25) is 5.10 Å². The van der Waals surface area contributed by atoms with Crippen LogP contribution in [0.2, 0.25) is 0 Å². The molecule has 0 aliphatic carbocycles. The molecule has 0 radical (unpaired) electrons. The van der Waals surface area contributed by atoms with Crippen LogP contribution in [-0.2, 0) is 4.74 Å². The highest BCUT2D eigenvalue weighted by Gasteiger charge is 2.21. The molecule has 0 unspecified atom stereocenters. The number of aromatic nitrogens is 4. The van der Waals surface area contributed by atoms with Gasteiger partial charge in [-0.25, -0.2) is 9.97 Å². The smallest absolute Gasteiger partial charge is 0.150 e. The second-order valence-electron chi connectivity index (χ2n) is 6.22. The molecule has 0 aromatic carbocycles. The predicted molar refractivity (Wildman–Crippen MR) is 92.8 cm³/mol. The molecule has 128 valence electrons. The Morgan fingerprint density at radius 1 is 0.833 bits per heavy atom. The van der Waals surface area contributed by atoms with Crippen LogP contribution < -0.4 is 14.7 Å². The molecule has 0 spiro atoms. The summed E-state index contributed by atoms with van der Waals surface area (Å²) in [5.74, 6) is 3.03. The highest BCUT2D eigenvalue weighted by molar-refractivity contribution is 5.52. The normalized spacial score (nSPS) is 19.0. The fourth-order valence-corrected chi connectivity index (χ4v) is 3.21. The Morgan fingerprint density at radius 2 is 1.42 bits per heavy atom. The second-order valence-corrected chi connectivity index (χ2v) is 6.22. The SMILES string of the molecule is Cc1cc(N2CCN(c3cc(N4CCOCC4)ncn3)CC2)n[nH]1. The number of anilines is 3. The van der Waals surface area contributed by atoms with Crippen molar-refractivity contribution in [1.29, 1.82) is 0 Å². The van der Waals surface area contributed by atoms with Crippen molar-refractivity contribution >= 4 is 17.5 Å². The maximum atomic E-state index is 5.41. The van der Waals surface area contributed by atoms with E-state index in [1.807, 2.05) is 6.92 Å². The molecule has 0 saturated carbocycles. The molecule has 0 atom stereocenters. The summed E-state index contributed by atoms with van der Waals surface area (Å²) >= 11 is 0. The number of ether oxygens (including phenoxy) is 1. The third-order valence-corrected chi connectivity index (χ3v) is 4.59. The van der Waals surface area contributed by atoms with E-state index in [9.17, 15) is 0 Å². The summed E-state index contributed by atoms with van der Waals surface area (Å²) in [6.45, 7) is 9.10. The maximum absolute atomic E-state index is 5.41. The van der Waals surface area contributed by atoms with Gasteiger partial charge in [0.1, 0.15) is 18.0 Å². The molecule has 2 aliphatic heterocycles. The lowest BCUT2D eigenvalue weighted by Gasteiger charge is -2.36. The van der Waals surface area contributed by atoms with Gasteiger partial charge in [0.15, 0.2) is 5.82 Å². The molecule has 8 nitrogen and oxygen atoms in total. The van der Waals surface area contributed by atoms with Crippen LogP contribution in [0.5, 0.6) is 0 Å². The van der Waals surface area contributed by atoms with Crippen molar-refractivity contribution in [2.24, 2.45) is 0 Å². The van der Waals surface area contributed by atoms with Gasteiger partial charge in [-0.15, -0.1) is 0 Å². The van der Waals surface area contributed by atoms with Crippen LogP contribution in [0.4, 0.5) is 17.5 Å². The molecular weight excluding hydrogens is 306 g/mol. The van der Waals surface area contributed by atoms with E-state index in [1.54, 1.807) is 6.33 Å². The number of aromatic amines is 1. The lowest BCUT2D eigenvalue weighted by atomic mass is 10.3. The van der Waals surface area contributed by atoms with Crippen LogP contribution in [0.3, 0.4) is 0 Å². The molecule has 0 bridgehead atoms. The summed E-state index contributed by atoms with van der Waals surface area (Å²) < 4.78 is 5.41. The van der Waals surface area contributed by atoms with Gasteiger partial charge in [0.05, 0.1) is 13.2 Å². The number of morpholine rings is 1. The first-order valence-corrected chi connectivity index (χ1v) is 8.46. The molecule has 2 aromatic heterocycles. The Morgan fingerprint density at radius 3 is 2.00 bits per heavy atom. The highest BCUT2D eigenvalue weighted by Crippen LogP contribution is 2.21. The standard InChI is InChI=1S/C16H23N7O/c1-13-10-16(20-19-13)22-4-2-21(3-5-22)14-11-15(18-12-17-14)23-6-8-24-9-7-23/h10-12H,2-9H2,1H3,(H,19,20). The van der Waals surface area contributed by atoms with Crippen molar-refractivity contribution in [1.82, 2.24) is 20.2 Å². The number of piperazine rings is 1. The summed E-state index contributed by atoms with van der Waals surface area (Å²) in [7, 11) is 0. The number of aryl methyl sites for hydroxylation is 1. The van der Waals surface area contributed by atoms with E-state index in [0.29, 0.717) is 0 Å². The van der Waals surface area contributed by atoms with Gasteiger partial charge in [-0.2, -0.15) is 5.10 Å². The van der Waals surface area contributed by atoms with E-state index in [1.165, 1.54) is 0 Å². The molecule has 2 fully saturated rings. The van der Waals surface area contributed by atoms with E-state index in [-0.39, 0.29) is 0 Å². The number of rotatable bonds is 3. The van der Waals surface area contributed by atoms with Crippen LogP contribution in [0.1, 0.15) is 5.69 Å². The average Bonchev–Trinajstić information content (AvgIpc) is 3.09. The number of H-pyrrole nitrogens is 1. The Bertz CT molecular complexity index is 675. The van der Waals surface area contributed by atoms with E-state index >= 15 is 0 Å². The van der Waals surface area contributed by atoms with Crippen LogP contribution in [0, 0.1) is 6.92 Å². The van der Waals surface area contributed by atoms with Gasteiger partial charge < -0.3 is 19.4 Å². The Balaban J connectivity index is 1.42. The van der Waals surface area contributed by atoms with Gasteiger partial charge in [0, 0.05) is 57.1 Å². The van der Waals surface area contributed by atoms with Gasteiger partial charge >= 0.3 is 0 Å². The van der Waals surface area contributed by atoms with Crippen LogP contribution in [0.15, 0.2) is 18.5 Å². The van der Waals surface area contributed by atoms with Crippen molar-refractivity contribution in [3.05, 3.63) is 24.2 Å². The maximum Gasteiger partial charge on any atom is 0.150 e. The quantitative estimate of drug-likeness (QED) is 0.887. The monoisotopic (exact) mass is 329 g/mol. The lowest BCUT2D eigenvalue weighted by molar-refractivity contribution is 0.122. The fourth-order valence-electron chi connectivity index (χ4n) is 3.21. The minimum absolute atomic E-state index is 0.765. The Hall–Kier alpha value is -2.35. The van der Waals surface area contributed by atoms with Crippen LogP contribution >= 0.6 is 0 Å². The van der Waals surface area contributed by atoms with Crippen LogP contribution in [0.25, 0.3) is 0 Å². The summed E-state index contributed by atoms with van der Waals surface area (Å²) in [4.78, 5) is 15.8. The van der Waals surface area contributed by atoms with Crippen LogP contribution in [-0.4, -0.2) is 72.6 Å². The molecular formula is C16H23N7O. The fraction of sp³-hybridized carbons (Fsp3) is 0.562. The third-order valence-electron chi connectivity index (χ3n) is 4.59. The summed E-state index contributed by atoms with van der Waals surface area (Å²) in [6.07, 6.45) is 1.67. The minimum Gasteiger partial charge on any atom is -0.378 e. The van der Waals surface area contributed by atoms with Crippen molar-refractivity contribution < 1.29 is 4.74 Å². The molecule has 2 aromatic rings. The van der Waals surface area contributed by atoms with Gasteiger partial charge in [-0.05, 0) is 6.92 Å². The Labute approximate surface area is 141 Å². The van der Waals surface area contributed by atoms with E-state index < -0.39 is 0 Å². The molecule has 4 heterocycles.